The Balaban J connectivity index is 1.93. The van der Waals surface area contributed by atoms with E-state index in [-0.39, 0.29) is 11.1 Å². The predicted molar refractivity (Wildman–Crippen MR) is 80.5 cm³/mol. The second-order valence-electron chi connectivity index (χ2n) is 4.96. The Kier molecular flexibility index (Phi) is 4.10. The Bertz CT molecular complexity index is 804. The van der Waals surface area contributed by atoms with Crippen LogP contribution < -0.4 is 11.1 Å². The van der Waals surface area contributed by atoms with Crippen LogP contribution in [0, 0.1) is 11.6 Å². The molecule has 2 heterocycles. The summed E-state index contributed by atoms with van der Waals surface area (Å²) in [5, 5.41) is 2.84. The van der Waals surface area contributed by atoms with Crippen molar-refractivity contribution in [2.45, 2.75) is 13.0 Å². The molecule has 2 amide bonds. The number of benzene rings is 1. The molecule has 0 bridgehead atoms. The molecule has 1 aliphatic rings. The molecule has 0 spiro atoms. The highest BCUT2D eigenvalue weighted by molar-refractivity contribution is 7.17. The van der Waals surface area contributed by atoms with Crippen molar-refractivity contribution in [1.82, 2.24) is 0 Å². The van der Waals surface area contributed by atoms with E-state index in [1.807, 2.05) is 0 Å². The van der Waals surface area contributed by atoms with E-state index in [1.165, 1.54) is 11.3 Å². The van der Waals surface area contributed by atoms with Gasteiger partial charge < -0.3 is 15.8 Å². The van der Waals surface area contributed by atoms with Gasteiger partial charge in [0.2, 0.25) is 0 Å². The maximum Gasteiger partial charge on any atom is 0.256 e. The van der Waals surface area contributed by atoms with Crippen LogP contribution in [0.4, 0.5) is 13.8 Å². The topological polar surface area (TPSA) is 81.4 Å². The van der Waals surface area contributed by atoms with Crippen LogP contribution in [0.3, 0.4) is 0 Å². The SMILES string of the molecule is NC(=O)c1c(NC(=O)c2ccc(F)c(F)c2)sc2c1CCOC2. The Morgan fingerprint density at radius 3 is 2.74 bits per heavy atom. The summed E-state index contributed by atoms with van der Waals surface area (Å²) in [6.45, 7) is 0.821. The summed E-state index contributed by atoms with van der Waals surface area (Å²) in [5.74, 6) is -3.45. The molecule has 0 fully saturated rings. The van der Waals surface area contributed by atoms with Crippen LogP contribution in [0.5, 0.6) is 0 Å². The lowest BCUT2D eigenvalue weighted by Crippen LogP contribution is -2.19. The minimum atomic E-state index is -1.12. The van der Waals surface area contributed by atoms with Crippen molar-refractivity contribution in [2.75, 3.05) is 11.9 Å². The predicted octanol–water partition coefficient (Wildman–Crippen LogP) is 2.45. The highest BCUT2D eigenvalue weighted by atomic mass is 32.1. The normalized spacial score (nSPS) is 13.5. The van der Waals surface area contributed by atoms with Crippen molar-refractivity contribution in [3.8, 4) is 0 Å². The molecular weight excluding hydrogens is 326 g/mol. The van der Waals surface area contributed by atoms with Gasteiger partial charge in [-0.1, -0.05) is 0 Å². The third kappa shape index (κ3) is 2.95. The van der Waals surface area contributed by atoms with Crippen LogP contribution in [-0.2, 0) is 17.8 Å². The molecule has 0 saturated carbocycles. The summed E-state index contributed by atoms with van der Waals surface area (Å²) in [4.78, 5) is 24.7. The van der Waals surface area contributed by atoms with Crippen LogP contribution in [-0.4, -0.2) is 18.4 Å². The molecule has 1 aromatic carbocycles. The number of nitrogens with one attached hydrogen (secondary N) is 1. The third-order valence-corrected chi connectivity index (χ3v) is 4.60. The van der Waals surface area contributed by atoms with Gasteiger partial charge in [0.05, 0.1) is 18.8 Å². The summed E-state index contributed by atoms with van der Waals surface area (Å²) < 4.78 is 31.5. The van der Waals surface area contributed by atoms with Crippen molar-refractivity contribution in [3.63, 3.8) is 0 Å². The molecule has 3 N–H and O–H groups in total. The van der Waals surface area contributed by atoms with E-state index in [0.29, 0.717) is 24.6 Å². The molecule has 8 heteroatoms. The fraction of sp³-hybridized carbons (Fsp3) is 0.200. The van der Waals surface area contributed by atoms with E-state index >= 15 is 0 Å². The van der Waals surface area contributed by atoms with E-state index in [9.17, 15) is 18.4 Å². The number of amides is 2. The molecule has 0 unspecified atom stereocenters. The van der Waals surface area contributed by atoms with Crippen LogP contribution in [0.1, 0.15) is 31.2 Å². The van der Waals surface area contributed by atoms with E-state index in [1.54, 1.807) is 0 Å². The number of anilines is 1. The molecular formula is C15H12F2N2O3S. The van der Waals surface area contributed by atoms with Gasteiger partial charge in [0, 0.05) is 10.4 Å². The number of hydrogen-bond donors (Lipinski definition) is 2. The molecule has 0 saturated heterocycles. The Morgan fingerprint density at radius 1 is 1.26 bits per heavy atom. The quantitative estimate of drug-likeness (QED) is 0.902. The van der Waals surface area contributed by atoms with Crippen molar-refractivity contribution in [1.29, 1.82) is 0 Å². The van der Waals surface area contributed by atoms with Crippen LogP contribution in [0.25, 0.3) is 0 Å². The lowest BCUT2D eigenvalue weighted by Gasteiger charge is -2.12. The summed E-state index contributed by atoms with van der Waals surface area (Å²) in [5.41, 5.74) is 6.38. The first kappa shape index (κ1) is 15.6. The Hall–Kier alpha value is -2.32. The fourth-order valence-electron chi connectivity index (χ4n) is 2.39. The number of fused-ring (bicyclic) bond motifs is 1. The maximum atomic E-state index is 13.2. The molecule has 23 heavy (non-hydrogen) atoms. The van der Waals surface area contributed by atoms with Crippen molar-refractivity contribution < 1.29 is 23.1 Å². The van der Waals surface area contributed by atoms with Crippen molar-refractivity contribution in [3.05, 3.63) is 51.4 Å². The van der Waals surface area contributed by atoms with Gasteiger partial charge in [0.15, 0.2) is 11.6 Å². The molecule has 1 aliphatic heterocycles. The zero-order chi connectivity index (χ0) is 16.6. The molecule has 2 aromatic rings. The number of thiophene rings is 1. The first-order valence-electron chi connectivity index (χ1n) is 6.76. The molecule has 0 aliphatic carbocycles. The monoisotopic (exact) mass is 338 g/mol. The summed E-state index contributed by atoms with van der Waals surface area (Å²) in [7, 11) is 0. The Labute approximate surface area is 134 Å². The van der Waals surface area contributed by atoms with Gasteiger partial charge in [0.1, 0.15) is 5.00 Å². The third-order valence-electron chi connectivity index (χ3n) is 3.48. The van der Waals surface area contributed by atoms with Gasteiger partial charge in [-0.2, -0.15) is 0 Å². The molecule has 5 nitrogen and oxygen atoms in total. The standard InChI is InChI=1S/C15H12F2N2O3S/c16-9-2-1-7(5-10(9)17)14(21)19-15-12(13(18)20)8-3-4-22-6-11(8)23-15/h1-2,5H,3-4,6H2,(H2,18,20)(H,19,21). The van der Waals surface area contributed by atoms with Gasteiger partial charge in [-0.15, -0.1) is 11.3 Å². The Morgan fingerprint density at radius 2 is 2.04 bits per heavy atom. The number of ether oxygens (including phenoxy) is 1. The smallest absolute Gasteiger partial charge is 0.256 e. The zero-order valence-electron chi connectivity index (χ0n) is 11.8. The first-order valence-corrected chi connectivity index (χ1v) is 7.57. The molecule has 0 radical (unpaired) electrons. The van der Waals surface area contributed by atoms with Gasteiger partial charge in [0.25, 0.3) is 11.8 Å². The van der Waals surface area contributed by atoms with E-state index in [2.05, 4.69) is 5.32 Å². The van der Waals surface area contributed by atoms with Crippen LogP contribution >= 0.6 is 11.3 Å². The second kappa shape index (κ2) is 6.05. The summed E-state index contributed by atoms with van der Waals surface area (Å²) in [6.07, 6.45) is 0.533. The average Bonchev–Trinajstić information content (AvgIpc) is 2.87. The highest BCUT2D eigenvalue weighted by Gasteiger charge is 2.25. The van der Waals surface area contributed by atoms with Gasteiger partial charge in [-0.05, 0) is 30.2 Å². The number of carbonyl (C=O) groups excluding carboxylic acids is 2. The fourth-order valence-corrected chi connectivity index (χ4v) is 3.58. The number of hydrogen-bond acceptors (Lipinski definition) is 4. The molecule has 0 atom stereocenters. The van der Waals surface area contributed by atoms with Gasteiger partial charge in [-0.3, -0.25) is 9.59 Å². The van der Waals surface area contributed by atoms with Crippen LogP contribution in [0.2, 0.25) is 0 Å². The zero-order valence-corrected chi connectivity index (χ0v) is 12.6. The van der Waals surface area contributed by atoms with E-state index in [0.717, 1.165) is 28.6 Å². The number of halogens is 2. The molecule has 3 rings (SSSR count). The summed E-state index contributed by atoms with van der Waals surface area (Å²) >= 11 is 1.20. The van der Waals surface area contributed by atoms with E-state index in [4.69, 9.17) is 10.5 Å². The number of primary amides is 1. The summed E-state index contributed by atoms with van der Waals surface area (Å²) in [6, 6.07) is 2.83. The average molecular weight is 338 g/mol. The van der Waals surface area contributed by atoms with Crippen molar-refractivity contribution in [2.24, 2.45) is 5.73 Å². The number of carbonyl (C=O) groups is 2. The lowest BCUT2D eigenvalue weighted by atomic mass is 10.1. The van der Waals surface area contributed by atoms with Gasteiger partial charge in [-0.25, -0.2) is 8.78 Å². The second-order valence-corrected chi connectivity index (χ2v) is 6.06. The van der Waals surface area contributed by atoms with Gasteiger partial charge >= 0.3 is 0 Å². The number of nitrogens with two attached hydrogens (primary N) is 1. The molecule has 1 aromatic heterocycles. The van der Waals surface area contributed by atoms with E-state index < -0.39 is 23.4 Å². The minimum Gasteiger partial charge on any atom is -0.376 e. The largest absolute Gasteiger partial charge is 0.376 e. The lowest BCUT2D eigenvalue weighted by molar-refractivity contribution is 0.0991. The first-order chi connectivity index (χ1) is 11.0. The minimum absolute atomic E-state index is 0.0538. The van der Waals surface area contributed by atoms with Crippen LogP contribution in [0.15, 0.2) is 18.2 Å². The number of rotatable bonds is 3. The maximum absolute atomic E-state index is 13.2. The molecule has 120 valence electrons. The highest BCUT2D eigenvalue weighted by Crippen LogP contribution is 2.36. The van der Waals surface area contributed by atoms with Crippen molar-refractivity contribution >= 4 is 28.2 Å².